The second kappa shape index (κ2) is 4.49. The molecule has 0 spiro atoms. The molecule has 0 atom stereocenters. The Bertz CT molecular complexity index is 582. The topological polar surface area (TPSA) is 30.2 Å². The van der Waals surface area contributed by atoms with Crippen LogP contribution in [-0.2, 0) is 0 Å². The van der Waals surface area contributed by atoms with Crippen molar-refractivity contribution in [2.75, 3.05) is 0 Å². The molecule has 0 amide bonds. The lowest BCUT2D eigenvalue weighted by molar-refractivity contribution is 0.103. The van der Waals surface area contributed by atoms with Gasteiger partial charge >= 0.3 is 0 Å². The lowest BCUT2D eigenvalue weighted by atomic mass is 9.99. The van der Waals surface area contributed by atoms with Gasteiger partial charge in [0.05, 0.1) is 5.56 Å². The van der Waals surface area contributed by atoms with Crippen molar-refractivity contribution < 1.29 is 9.21 Å². The zero-order valence-electron chi connectivity index (χ0n) is 10.0. The van der Waals surface area contributed by atoms with Gasteiger partial charge in [-0.25, -0.2) is 0 Å². The van der Waals surface area contributed by atoms with Crippen LogP contribution in [0.3, 0.4) is 0 Å². The van der Waals surface area contributed by atoms with Crippen LogP contribution in [0.25, 0.3) is 0 Å². The molecule has 0 aliphatic rings. The number of hydrogen-bond donors (Lipinski definition) is 0. The molecule has 0 saturated heterocycles. The molecule has 2 aromatic rings. The number of rotatable bonds is 2. The monoisotopic (exact) mass is 292 g/mol. The zero-order valence-corrected chi connectivity index (χ0v) is 11.6. The molecule has 88 valence electrons. The molecule has 1 aromatic carbocycles. The number of hydrogen-bond acceptors (Lipinski definition) is 2. The van der Waals surface area contributed by atoms with Crippen molar-refractivity contribution in [1.29, 1.82) is 0 Å². The summed E-state index contributed by atoms with van der Waals surface area (Å²) in [5.41, 5.74) is 2.31. The van der Waals surface area contributed by atoms with Crippen molar-refractivity contribution in [3.63, 3.8) is 0 Å². The van der Waals surface area contributed by atoms with Crippen LogP contribution in [0.5, 0.6) is 0 Å². The zero-order chi connectivity index (χ0) is 12.6. The van der Waals surface area contributed by atoms with Gasteiger partial charge in [0.15, 0.2) is 5.78 Å². The van der Waals surface area contributed by atoms with Gasteiger partial charge in [-0.2, -0.15) is 0 Å². The Morgan fingerprint density at radius 2 is 1.88 bits per heavy atom. The second-order valence-electron chi connectivity index (χ2n) is 4.07. The summed E-state index contributed by atoms with van der Waals surface area (Å²) >= 11 is 3.43. The normalized spacial score (nSPS) is 10.6. The SMILES string of the molecule is Cc1cc(C(=O)c2cccc(Br)c2C)c(C)o1. The number of aryl methyl sites for hydroxylation is 2. The molecular formula is C14H13BrO2. The Labute approximate surface area is 109 Å². The lowest BCUT2D eigenvalue weighted by Crippen LogP contribution is -2.04. The van der Waals surface area contributed by atoms with Crippen LogP contribution in [0.1, 0.15) is 33.0 Å². The Morgan fingerprint density at radius 1 is 1.18 bits per heavy atom. The van der Waals surface area contributed by atoms with Crippen molar-refractivity contribution in [2.45, 2.75) is 20.8 Å². The molecule has 0 aliphatic carbocycles. The first kappa shape index (κ1) is 12.1. The van der Waals surface area contributed by atoms with Gasteiger partial charge in [0.1, 0.15) is 11.5 Å². The fourth-order valence-electron chi connectivity index (χ4n) is 1.85. The van der Waals surface area contributed by atoms with Crippen LogP contribution in [-0.4, -0.2) is 5.78 Å². The Hall–Kier alpha value is -1.35. The largest absolute Gasteiger partial charge is 0.466 e. The van der Waals surface area contributed by atoms with Crippen molar-refractivity contribution in [1.82, 2.24) is 0 Å². The third kappa shape index (κ3) is 2.20. The van der Waals surface area contributed by atoms with Crippen LogP contribution in [0.4, 0.5) is 0 Å². The van der Waals surface area contributed by atoms with Gasteiger partial charge in [-0.1, -0.05) is 28.1 Å². The summed E-state index contributed by atoms with van der Waals surface area (Å²) in [5, 5.41) is 0. The van der Waals surface area contributed by atoms with E-state index in [0.717, 1.165) is 15.8 Å². The molecule has 0 radical (unpaired) electrons. The molecule has 17 heavy (non-hydrogen) atoms. The molecule has 0 saturated carbocycles. The molecule has 0 unspecified atom stereocenters. The molecule has 3 heteroatoms. The predicted octanol–water partition coefficient (Wildman–Crippen LogP) is 4.20. The summed E-state index contributed by atoms with van der Waals surface area (Å²) in [5.74, 6) is 1.45. The van der Waals surface area contributed by atoms with Crippen LogP contribution in [0.2, 0.25) is 0 Å². The highest BCUT2D eigenvalue weighted by molar-refractivity contribution is 9.10. The standard InChI is InChI=1S/C14H13BrO2/c1-8-7-12(10(3)17-8)14(16)11-5-4-6-13(15)9(11)2/h4-7H,1-3H3. The summed E-state index contributed by atoms with van der Waals surface area (Å²) in [6.45, 7) is 5.59. The smallest absolute Gasteiger partial charge is 0.196 e. The first-order valence-electron chi connectivity index (χ1n) is 5.37. The molecular weight excluding hydrogens is 280 g/mol. The Kier molecular flexibility index (Phi) is 3.20. The van der Waals surface area contributed by atoms with Gasteiger partial charge in [0, 0.05) is 10.0 Å². The molecule has 2 rings (SSSR count). The molecule has 0 aliphatic heterocycles. The maximum atomic E-state index is 12.4. The average Bonchev–Trinajstić information content (AvgIpc) is 2.61. The minimum atomic E-state index is 0.0122. The summed E-state index contributed by atoms with van der Waals surface area (Å²) < 4.78 is 6.34. The molecule has 0 bridgehead atoms. The highest BCUT2D eigenvalue weighted by Crippen LogP contribution is 2.24. The first-order chi connectivity index (χ1) is 8.00. The maximum Gasteiger partial charge on any atom is 0.196 e. The lowest BCUT2D eigenvalue weighted by Gasteiger charge is -2.05. The Morgan fingerprint density at radius 3 is 2.47 bits per heavy atom. The fourth-order valence-corrected chi connectivity index (χ4v) is 2.22. The van der Waals surface area contributed by atoms with E-state index in [9.17, 15) is 4.79 Å². The van der Waals surface area contributed by atoms with E-state index >= 15 is 0 Å². The van der Waals surface area contributed by atoms with Crippen LogP contribution in [0, 0.1) is 20.8 Å². The third-order valence-corrected chi connectivity index (χ3v) is 3.66. The highest BCUT2D eigenvalue weighted by atomic mass is 79.9. The van der Waals surface area contributed by atoms with Crippen molar-refractivity contribution in [2.24, 2.45) is 0 Å². The summed E-state index contributed by atoms with van der Waals surface area (Å²) in [4.78, 5) is 12.4. The van der Waals surface area contributed by atoms with Gasteiger partial charge in [0.2, 0.25) is 0 Å². The third-order valence-electron chi connectivity index (χ3n) is 2.80. The average molecular weight is 293 g/mol. The highest BCUT2D eigenvalue weighted by Gasteiger charge is 2.17. The van der Waals surface area contributed by atoms with E-state index in [-0.39, 0.29) is 5.78 Å². The number of furan rings is 1. The summed E-state index contributed by atoms with van der Waals surface area (Å²) in [6, 6.07) is 7.42. The van der Waals surface area contributed by atoms with Gasteiger partial charge in [-0.3, -0.25) is 4.79 Å². The van der Waals surface area contributed by atoms with Gasteiger partial charge in [-0.15, -0.1) is 0 Å². The summed E-state index contributed by atoms with van der Waals surface area (Å²) in [7, 11) is 0. The first-order valence-corrected chi connectivity index (χ1v) is 6.17. The molecule has 0 fully saturated rings. The van der Waals surface area contributed by atoms with Crippen molar-refractivity contribution in [3.8, 4) is 0 Å². The summed E-state index contributed by atoms with van der Waals surface area (Å²) in [6.07, 6.45) is 0. The van der Waals surface area contributed by atoms with E-state index in [2.05, 4.69) is 15.9 Å². The fraction of sp³-hybridized carbons (Fsp3) is 0.214. The van der Waals surface area contributed by atoms with Crippen LogP contribution >= 0.6 is 15.9 Å². The maximum absolute atomic E-state index is 12.4. The minimum absolute atomic E-state index is 0.0122. The van der Waals surface area contributed by atoms with Gasteiger partial charge in [-0.05, 0) is 38.5 Å². The number of carbonyl (C=O) groups excluding carboxylic acids is 1. The van der Waals surface area contributed by atoms with Crippen LogP contribution in [0.15, 0.2) is 33.2 Å². The molecule has 2 nitrogen and oxygen atoms in total. The predicted molar refractivity (Wildman–Crippen MR) is 70.5 cm³/mol. The van der Waals surface area contributed by atoms with Gasteiger partial charge < -0.3 is 4.42 Å². The molecule has 0 N–H and O–H groups in total. The van der Waals surface area contributed by atoms with E-state index in [1.165, 1.54) is 0 Å². The second-order valence-corrected chi connectivity index (χ2v) is 4.92. The van der Waals surface area contributed by atoms with E-state index < -0.39 is 0 Å². The van der Waals surface area contributed by atoms with E-state index in [4.69, 9.17) is 4.42 Å². The van der Waals surface area contributed by atoms with Gasteiger partial charge in [0.25, 0.3) is 0 Å². The number of ketones is 1. The van der Waals surface area contributed by atoms with Crippen molar-refractivity contribution >= 4 is 21.7 Å². The number of halogens is 1. The minimum Gasteiger partial charge on any atom is -0.466 e. The quantitative estimate of drug-likeness (QED) is 0.777. The van der Waals surface area contributed by atoms with Crippen LogP contribution < -0.4 is 0 Å². The van der Waals surface area contributed by atoms with Crippen molar-refractivity contribution in [3.05, 3.63) is 56.9 Å². The van der Waals surface area contributed by atoms with E-state index in [1.807, 2.05) is 39.0 Å². The number of benzene rings is 1. The van der Waals surface area contributed by atoms with E-state index in [0.29, 0.717) is 16.9 Å². The number of carbonyl (C=O) groups is 1. The van der Waals surface area contributed by atoms with E-state index in [1.54, 1.807) is 6.07 Å². The molecule has 1 aromatic heterocycles. The molecule has 1 heterocycles. The Balaban J connectivity index is 2.51.